The van der Waals surface area contributed by atoms with Crippen molar-refractivity contribution in [2.75, 3.05) is 32.8 Å². The fourth-order valence-electron chi connectivity index (χ4n) is 1.20. The van der Waals surface area contributed by atoms with Crippen LogP contribution in [0.3, 0.4) is 0 Å². The molecule has 1 unspecified atom stereocenters. The molecule has 0 aromatic carbocycles. The van der Waals surface area contributed by atoms with Gasteiger partial charge >= 0.3 is 0 Å². The molecule has 0 amide bonds. The minimum atomic E-state index is -0.112. The number of hydrogen-bond acceptors (Lipinski definition) is 4. The lowest BCUT2D eigenvalue weighted by Gasteiger charge is -2.30. The molecule has 4 nitrogen and oxygen atoms in total. The lowest BCUT2D eigenvalue weighted by atomic mass is 10.2. The fraction of sp³-hybridized carbons (Fsp3) is 0.857. The average Bonchev–Trinajstić information content (AvgIpc) is 2.09. The van der Waals surface area contributed by atoms with E-state index in [0.29, 0.717) is 19.8 Å². The molecule has 1 atom stereocenters. The summed E-state index contributed by atoms with van der Waals surface area (Å²) in [5.74, 6) is 0. The Kier molecular flexibility index (Phi) is 3.48. The molecular formula is C7H14N2O2. The molecule has 0 bridgehead atoms. The summed E-state index contributed by atoms with van der Waals surface area (Å²) < 4.78 is 5.14. The molecule has 1 rings (SSSR count). The van der Waals surface area contributed by atoms with E-state index in [2.05, 4.69) is 4.90 Å². The maximum atomic E-state index is 10.5. The van der Waals surface area contributed by atoms with Crippen LogP contribution >= 0.6 is 0 Å². The number of nitrogens with two attached hydrogens (primary N) is 1. The molecule has 1 heterocycles. The van der Waals surface area contributed by atoms with Crippen LogP contribution in [-0.2, 0) is 9.53 Å². The van der Waals surface area contributed by atoms with Gasteiger partial charge in [-0.2, -0.15) is 0 Å². The van der Waals surface area contributed by atoms with Crippen molar-refractivity contribution in [1.82, 2.24) is 4.90 Å². The molecular weight excluding hydrogens is 144 g/mol. The summed E-state index contributed by atoms with van der Waals surface area (Å²) >= 11 is 0. The number of carbonyl (C=O) groups is 1. The van der Waals surface area contributed by atoms with Gasteiger partial charge in [-0.15, -0.1) is 0 Å². The second-order valence-corrected chi connectivity index (χ2v) is 2.59. The van der Waals surface area contributed by atoms with Crippen LogP contribution in [0.25, 0.3) is 0 Å². The van der Waals surface area contributed by atoms with Crippen molar-refractivity contribution in [3.05, 3.63) is 0 Å². The number of hydrogen-bond donors (Lipinski definition) is 1. The maximum Gasteiger partial charge on any atom is 0.138 e. The van der Waals surface area contributed by atoms with E-state index >= 15 is 0 Å². The molecule has 0 aromatic heterocycles. The minimum absolute atomic E-state index is 0.112. The van der Waals surface area contributed by atoms with Crippen LogP contribution < -0.4 is 5.73 Å². The zero-order valence-electron chi connectivity index (χ0n) is 6.53. The molecule has 0 aliphatic carbocycles. The van der Waals surface area contributed by atoms with Crippen LogP contribution in [0.2, 0.25) is 0 Å². The molecule has 1 aliphatic rings. The van der Waals surface area contributed by atoms with E-state index in [1.54, 1.807) is 0 Å². The van der Waals surface area contributed by atoms with Crippen molar-refractivity contribution in [3.63, 3.8) is 0 Å². The third-order valence-corrected chi connectivity index (χ3v) is 1.91. The highest BCUT2D eigenvalue weighted by Gasteiger charge is 2.18. The Labute approximate surface area is 66.3 Å². The molecule has 2 N–H and O–H groups in total. The topological polar surface area (TPSA) is 55.6 Å². The summed E-state index contributed by atoms with van der Waals surface area (Å²) in [6, 6.07) is -0.112. The lowest BCUT2D eigenvalue weighted by molar-refractivity contribution is -0.113. The third-order valence-electron chi connectivity index (χ3n) is 1.91. The molecule has 0 aromatic rings. The summed E-state index contributed by atoms with van der Waals surface area (Å²) in [4.78, 5) is 12.5. The zero-order chi connectivity index (χ0) is 8.10. The quantitative estimate of drug-likeness (QED) is 0.527. The van der Waals surface area contributed by atoms with Crippen molar-refractivity contribution in [3.8, 4) is 0 Å². The number of nitrogens with zero attached hydrogens (tertiary/aromatic N) is 1. The first kappa shape index (κ1) is 8.64. The largest absolute Gasteiger partial charge is 0.379 e. The van der Waals surface area contributed by atoms with Crippen LogP contribution in [0.1, 0.15) is 0 Å². The Bertz CT molecular complexity index is 124. The van der Waals surface area contributed by atoms with Gasteiger partial charge in [0.15, 0.2) is 0 Å². The fourth-order valence-corrected chi connectivity index (χ4v) is 1.20. The molecule has 0 saturated carbocycles. The van der Waals surface area contributed by atoms with Gasteiger partial charge in [-0.25, -0.2) is 0 Å². The standard InChI is InChI=1S/C7H14N2O2/c8-5-7(6-10)9-1-3-11-4-2-9/h6-7H,1-5,8H2. The highest BCUT2D eigenvalue weighted by atomic mass is 16.5. The predicted molar refractivity (Wildman–Crippen MR) is 41.3 cm³/mol. The first-order valence-corrected chi connectivity index (χ1v) is 3.85. The summed E-state index contributed by atoms with van der Waals surface area (Å²) in [6.07, 6.45) is 0.908. The maximum absolute atomic E-state index is 10.5. The van der Waals surface area contributed by atoms with E-state index in [0.717, 1.165) is 19.4 Å². The third kappa shape index (κ3) is 2.25. The summed E-state index contributed by atoms with van der Waals surface area (Å²) in [5, 5.41) is 0. The molecule has 11 heavy (non-hydrogen) atoms. The minimum Gasteiger partial charge on any atom is -0.379 e. The molecule has 1 aliphatic heterocycles. The van der Waals surface area contributed by atoms with Gasteiger partial charge in [-0.05, 0) is 0 Å². The highest BCUT2D eigenvalue weighted by Crippen LogP contribution is 2.00. The van der Waals surface area contributed by atoms with E-state index < -0.39 is 0 Å². The molecule has 0 radical (unpaired) electrons. The number of carbonyl (C=O) groups excluding carboxylic acids is 1. The first-order chi connectivity index (χ1) is 5.38. The smallest absolute Gasteiger partial charge is 0.138 e. The molecule has 64 valence electrons. The SMILES string of the molecule is NCC(C=O)N1CCOCC1. The van der Waals surface area contributed by atoms with Gasteiger partial charge in [0.2, 0.25) is 0 Å². The summed E-state index contributed by atoms with van der Waals surface area (Å²) in [7, 11) is 0. The van der Waals surface area contributed by atoms with Crippen LogP contribution in [0, 0.1) is 0 Å². The van der Waals surface area contributed by atoms with Crippen molar-refractivity contribution in [2.24, 2.45) is 5.73 Å². The molecule has 1 fully saturated rings. The van der Waals surface area contributed by atoms with Gasteiger partial charge in [-0.3, -0.25) is 4.90 Å². The Morgan fingerprint density at radius 2 is 2.18 bits per heavy atom. The number of morpholine rings is 1. The second kappa shape index (κ2) is 4.43. The van der Waals surface area contributed by atoms with Crippen molar-refractivity contribution < 1.29 is 9.53 Å². The van der Waals surface area contributed by atoms with E-state index in [-0.39, 0.29) is 6.04 Å². The number of rotatable bonds is 3. The molecule has 0 spiro atoms. The predicted octanol–water partition coefficient (Wildman–Crippen LogP) is -1.16. The second-order valence-electron chi connectivity index (χ2n) is 2.59. The van der Waals surface area contributed by atoms with Crippen molar-refractivity contribution in [2.45, 2.75) is 6.04 Å². The first-order valence-electron chi connectivity index (χ1n) is 3.85. The van der Waals surface area contributed by atoms with E-state index in [9.17, 15) is 4.79 Å². The number of aldehydes is 1. The summed E-state index contributed by atoms with van der Waals surface area (Å²) in [5.41, 5.74) is 5.40. The Morgan fingerprint density at radius 3 is 2.64 bits per heavy atom. The van der Waals surface area contributed by atoms with Gasteiger partial charge in [0.25, 0.3) is 0 Å². The average molecular weight is 158 g/mol. The van der Waals surface area contributed by atoms with Gasteiger partial charge in [0.05, 0.1) is 19.3 Å². The van der Waals surface area contributed by atoms with Crippen molar-refractivity contribution in [1.29, 1.82) is 0 Å². The van der Waals surface area contributed by atoms with Crippen LogP contribution in [0.5, 0.6) is 0 Å². The van der Waals surface area contributed by atoms with E-state index in [1.807, 2.05) is 0 Å². The molecule has 4 heteroatoms. The Morgan fingerprint density at radius 1 is 1.55 bits per heavy atom. The number of ether oxygens (including phenoxy) is 1. The Hall–Kier alpha value is -0.450. The van der Waals surface area contributed by atoms with Crippen LogP contribution in [0.4, 0.5) is 0 Å². The lowest BCUT2D eigenvalue weighted by Crippen LogP contribution is -2.47. The highest BCUT2D eigenvalue weighted by molar-refractivity contribution is 5.57. The van der Waals surface area contributed by atoms with Gasteiger partial charge in [-0.1, -0.05) is 0 Å². The van der Waals surface area contributed by atoms with Crippen LogP contribution in [-0.4, -0.2) is 50.1 Å². The Balaban J connectivity index is 2.35. The van der Waals surface area contributed by atoms with Crippen molar-refractivity contribution >= 4 is 6.29 Å². The normalized spacial score (nSPS) is 23.0. The van der Waals surface area contributed by atoms with Gasteiger partial charge in [0.1, 0.15) is 6.29 Å². The monoisotopic (exact) mass is 158 g/mol. The summed E-state index contributed by atoms with van der Waals surface area (Å²) in [6.45, 7) is 3.47. The van der Waals surface area contributed by atoms with E-state index in [4.69, 9.17) is 10.5 Å². The molecule has 1 saturated heterocycles. The van der Waals surface area contributed by atoms with Gasteiger partial charge in [0, 0.05) is 19.6 Å². The van der Waals surface area contributed by atoms with Crippen LogP contribution in [0.15, 0.2) is 0 Å². The zero-order valence-corrected chi connectivity index (χ0v) is 6.53. The van der Waals surface area contributed by atoms with Gasteiger partial charge < -0.3 is 15.3 Å². The van der Waals surface area contributed by atoms with E-state index in [1.165, 1.54) is 0 Å².